The van der Waals surface area contributed by atoms with E-state index in [9.17, 15) is 0 Å². The summed E-state index contributed by atoms with van der Waals surface area (Å²) in [6.07, 6.45) is 7.79. The highest BCUT2D eigenvalue weighted by molar-refractivity contribution is 5.94. The lowest BCUT2D eigenvalue weighted by atomic mass is 10.00. The third-order valence-electron chi connectivity index (χ3n) is 4.97. The van der Waals surface area contributed by atoms with Crippen molar-refractivity contribution in [1.29, 1.82) is 0 Å². The lowest BCUT2D eigenvalue weighted by Crippen LogP contribution is -2.50. The van der Waals surface area contributed by atoms with Crippen LogP contribution < -0.4 is 0 Å². The summed E-state index contributed by atoms with van der Waals surface area (Å²) >= 11 is 0. The van der Waals surface area contributed by atoms with Crippen molar-refractivity contribution in [2.75, 3.05) is 26.3 Å². The zero-order valence-electron chi connectivity index (χ0n) is 11.3. The van der Waals surface area contributed by atoms with Crippen LogP contribution in [0.25, 0.3) is 0 Å². The van der Waals surface area contributed by atoms with E-state index in [-0.39, 0.29) is 0 Å². The summed E-state index contributed by atoms with van der Waals surface area (Å²) in [5.74, 6) is 0. The smallest absolute Gasteiger partial charge is 0.237 e. The van der Waals surface area contributed by atoms with Crippen LogP contribution in [0.4, 0.5) is 0 Å². The molecule has 4 heterocycles. The maximum Gasteiger partial charge on any atom is 0.237 e. The van der Waals surface area contributed by atoms with Gasteiger partial charge in [-0.3, -0.25) is 4.90 Å². The van der Waals surface area contributed by atoms with Crippen molar-refractivity contribution in [1.82, 2.24) is 4.90 Å². The molecule has 3 fully saturated rings. The molecule has 0 aromatic heterocycles. The Morgan fingerprint density at radius 2 is 2.33 bits per heavy atom. The zero-order chi connectivity index (χ0) is 12.1. The van der Waals surface area contributed by atoms with E-state index >= 15 is 0 Å². The molecular formula is C15H23N2O+. The molecule has 0 bridgehead atoms. The molecule has 4 aliphatic heterocycles. The Kier molecular flexibility index (Phi) is 2.59. The van der Waals surface area contributed by atoms with Crippen molar-refractivity contribution in [2.45, 2.75) is 50.7 Å². The molecule has 0 aromatic rings. The van der Waals surface area contributed by atoms with Crippen LogP contribution in [0, 0.1) is 0 Å². The number of likely N-dealkylation sites (tertiary alicyclic amines) is 1. The van der Waals surface area contributed by atoms with Crippen LogP contribution in [0.5, 0.6) is 0 Å². The van der Waals surface area contributed by atoms with E-state index < -0.39 is 0 Å². The van der Waals surface area contributed by atoms with Gasteiger partial charge in [0.25, 0.3) is 0 Å². The van der Waals surface area contributed by atoms with Crippen LogP contribution in [0.2, 0.25) is 0 Å². The number of ether oxygens (including phenoxy) is 1. The number of allylic oxidation sites excluding steroid dienone is 1. The van der Waals surface area contributed by atoms with Crippen LogP contribution in [0.3, 0.4) is 0 Å². The van der Waals surface area contributed by atoms with E-state index in [1.54, 1.807) is 11.3 Å². The van der Waals surface area contributed by atoms with Gasteiger partial charge in [0.2, 0.25) is 12.1 Å². The van der Waals surface area contributed by atoms with Crippen molar-refractivity contribution in [2.24, 2.45) is 0 Å². The minimum absolute atomic E-state index is 0.699. The summed E-state index contributed by atoms with van der Waals surface area (Å²) < 4.78 is 8.05. The first-order chi connectivity index (χ1) is 8.88. The van der Waals surface area contributed by atoms with E-state index in [0.717, 1.165) is 25.3 Å². The van der Waals surface area contributed by atoms with Crippen molar-refractivity contribution in [3.05, 3.63) is 11.6 Å². The Balaban J connectivity index is 1.53. The molecule has 3 nitrogen and oxygen atoms in total. The van der Waals surface area contributed by atoms with Gasteiger partial charge in [-0.1, -0.05) is 6.92 Å². The molecule has 0 saturated carbocycles. The van der Waals surface area contributed by atoms with E-state index in [4.69, 9.17) is 4.74 Å². The molecule has 0 radical (unpaired) electrons. The van der Waals surface area contributed by atoms with E-state index in [1.165, 1.54) is 38.8 Å². The molecule has 98 valence electrons. The lowest BCUT2D eigenvalue weighted by Gasteiger charge is -2.37. The minimum Gasteiger partial charge on any atom is -0.378 e. The molecule has 0 aliphatic carbocycles. The van der Waals surface area contributed by atoms with Gasteiger partial charge in [-0.25, -0.2) is 4.58 Å². The Bertz CT molecular complexity index is 422. The van der Waals surface area contributed by atoms with E-state index in [0.29, 0.717) is 6.04 Å². The normalized spacial score (nSPS) is 35.7. The van der Waals surface area contributed by atoms with E-state index in [2.05, 4.69) is 22.5 Å². The molecule has 4 rings (SSSR count). The highest BCUT2D eigenvalue weighted by Gasteiger charge is 2.61. The number of hydrogen-bond donors (Lipinski definition) is 0. The molecule has 3 saturated heterocycles. The number of fused-ring (bicyclic) bond motifs is 1. The maximum atomic E-state index is 5.36. The topological polar surface area (TPSA) is 15.5 Å². The monoisotopic (exact) mass is 247 g/mol. The van der Waals surface area contributed by atoms with Gasteiger partial charge in [0, 0.05) is 31.0 Å². The summed E-state index contributed by atoms with van der Waals surface area (Å²) in [4.78, 5) is 2.66. The summed E-state index contributed by atoms with van der Waals surface area (Å²) in [5, 5.41) is 0. The van der Waals surface area contributed by atoms with Gasteiger partial charge in [0.05, 0.1) is 19.3 Å². The van der Waals surface area contributed by atoms with Crippen molar-refractivity contribution >= 4 is 5.71 Å². The standard InChI is InChI=1S/C15H23N2O/c1-2-4-12-7-11-8-16(13-9-18-10-13)6-3-5-14-15(11)17(12)14/h7,13-15H,2-6,8-10H2,1H3/q+1. The van der Waals surface area contributed by atoms with Crippen LogP contribution in [0.1, 0.15) is 32.6 Å². The molecule has 4 aliphatic rings. The van der Waals surface area contributed by atoms with Crippen LogP contribution in [-0.4, -0.2) is 59.6 Å². The summed E-state index contributed by atoms with van der Waals surface area (Å²) in [5.41, 5.74) is 3.31. The second-order valence-electron chi connectivity index (χ2n) is 6.18. The Labute approximate surface area is 109 Å². The number of rotatable bonds is 3. The molecule has 3 heteroatoms. The first-order valence-corrected chi connectivity index (χ1v) is 7.55. The fourth-order valence-electron chi connectivity index (χ4n) is 3.93. The van der Waals surface area contributed by atoms with E-state index in [1.807, 2.05) is 0 Å². The van der Waals surface area contributed by atoms with Gasteiger partial charge >= 0.3 is 0 Å². The summed E-state index contributed by atoms with van der Waals surface area (Å²) in [6, 6.07) is 2.35. The first kappa shape index (κ1) is 11.2. The fraction of sp³-hybridized carbons (Fsp3) is 0.800. The fourth-order valence-corrected chi connectivity index (χ4v) is 3.93. The second kappa shape index (κ2) is 4.17. The first-order valence-electron chi connectivity index (χ1n) is 7.55. The van der Waals surface area contributed by atoms with Gasteiger partial charge in [-0.15, -0.1) is 0 Å². The molecule has 2 atom stereocenters. The van der Waals surface area contributed by atoms with Crippen LogP contribution in [0.15, 0.2) is 11.6 Å². The zero-order valence-corrected chi connectivity index (χ0v) is 11.3. The number of hydrogen-bond acceptors (Lipinski definition) is 2. The quantitative estimate of drug-likeness (QED) is 0.554. The Hall–Kier alpha value is -0.670. The SMILES string of the molecule is CCCC1=[N+]2C3CCCN(C4COC4)CC(=C1)C32. The lowest BCUT2D eigenvalue weighted by molar-refractivity contribution is -0.374. The van der Waals surface area contributed by atoms with Crippen molar-refractivity contribution < 1.29 is 9.31 Å². The third kappa shape index (κ3) is 1.60. The summed E-state index contributed by atoms with van der Waals surface area (Å²) in [7, 11) is 0. The predicted octanol–water partition coefficient (Wildman–Crippen LogP) is 1.43. The highest BCUT2D eigenvalue weighted by atomic mass is 16.5. The predicted molar refractivity (Wildman–Crippen MR) is 71.2 cm³/mol. The molecule has 0 N–H and O–H groups in total. The number of nitrogens with zero attached hydrogens (tertiary/aromatic N) is 2. The Morgan fingerprint density at radius 1 is 1.44 bits per heavy atom. The van der Waals surface area contributed by atoms with Crippen LogP contribution in [-0.2, 0) is 4.74 Å². The largest absolute Gasteiger partial charge is 0.378 e. The van der Waals surface area contributed by atoms with Gasteiger partial charge in [-0.2, -0.15) is 0 Å². The maximum absolute atomic E-state index is 5.36. The minimum atomic E-state index is 0.699. The molecule has 18 heavy (non-hydrogen) atoms. The van der Waals surface area contributed by atoms with Crippen molar-refractivity contribution in [3.8, 4) is 0 Å². The molecule has 0 aromatic carbocycles. The molecule has 0 amide bonds. The third-order valence-corrected chi connectivity index (χ3v) is 4.97. The van der Waals surface area contributed by atoms with Gasteiger partial charge in [0.15, 0.2) is 5.71 Å². The molecule has 2 unspecified atom stereocenters. The van der Waals surface area contributed by atoms with Crippen molar-refractivity contribution in [3.63, 3.8) is 0 Å². The molecular weight excluding hydrogens is 224 g/mol. The average Bonchev–Trinajstić information content (AvgIpc) is 2.85. The van der Waals surface area contributed by atoms with Gasteiger partial charge < -0.3 is 4.74 Å². The summed E-state index contributed by atoms with van der Waals surface area (Å²) in [6.45, 7) is 6.66. The molecule has 0 spiro atoms. The van der Waals surface area contributed by atoms with Gasteiger partial charge in [-0.05, 0) is 19.4 Å². The highest BCUT2D eigenvalue weighted by Crippen LogP contribution is 2.40. The average molecular weight is 247 g/mol. The van der Waals surface area contributed by atoms with Crippen LogP contribution >= 0.6 is 0 Å². The van der Waals surface area contributed by atoms with Gasteiger partial charge in [0.1, 0.15) is 0 Å². The Morgan fingerprint density at radius 3 is 3.06 bits per heavy atom. The second-order valence-corrected chi connectivity index (χ2v) is 6.18.